The monoisotopic (exact) mass is 498 g/mol. The maximum absolute atomic E-state index is 13.9. The number of carbonyl (C=O) groups excluding carboxylic acids is 1. The molecule has 10 heteroatoms. The van der Waals surface area contributed by atoms with E-state index in [1.165, 1.54) is 33.5 Å². The predicted octanol–water partition coefficient (Wildman–Crippen LogP) is 3.99. The summed E-state index contributed by atoms with van der Waals surface area (Å²) < 4.78 is 24.5. The van der Waals surface area contributed by atoms with Gasteiger partial charge < -0.3 is 24.4 Å². The maximum atomic E-state index is 13.9. The Balaban J connectivity index is 1.91. The number of allylic oxidation sites excluding steroid dienone is 1. The van der Waals surface area contributed by atoms with E-state index in [0.29, 0.717) is 35.2 Å². The van der Waals surface area contributed by atoms with E-state index >= 15 is 0 Å². The number of carbonyl (C=O) groups is 2. The Labute approximate surface area is 206 Å². The van der Waals surface area contributed by atoms with Crippen LogP contribution in [0.2, 0.25) is 0 Å². The number of hydrogen-bond donors (Lipinski definition) is 2. The van der Waals surface area contributed by atoms with Crippen LogP contribution in [0.1, 0.15) is 41.6 Å². The number of hydrogen-bond acceptors (Lipinski definition) is 9. The minimum absolute atomic E-state index is 0.0975. The van der Waals surface area contributed by atoms with Crippen LogP contribution in [0.5, 0.6) is 17.2 Å². The molecule has 35 heavy (non-hydrogen) atoms. The molecule has 0 bridgehead atoms. The second kappa shape index (κ2) is 10.4. The van der Waals surface area contributed by atoms with Gasteiger partial charge in [0.2, 0.25) is 5.75 Å². The van der Waals surface area contributed by atoms with Crippen LogP contribution in [0.15, 0.2) is 35.9 Å². The lowest BCUT2D eigenvalue weighted by Crippen LogP contribution is -2.19. The van der Waals surface area contributed by atoms with Crippen molar-refractivity contribution < 1.29 is 34.0 Å². The number of benzene rings is 2. The second-order valence-electron chi connectivity index (χ2n) is 8.33. The van der Waals surface area contributed by atoms with Crippen molar-refractivity contribution in [3.05, 3.63) is 47.0 Å². The first kappa shape index (κ1) is 24.6. The number of methoxy groups -OCH3 is 3. The summed E-state index contributed by atoms with van der Waals surface area (Å²) in [6.07, 6.45) is 1.66. The number of aliphatic carboxylic acids is 1. The zero-order valence-corrected chi connectivity index (χ0v) is 20.4. The molecule has 4 rings (SSSR count). The normalized spacial score (nSPS) is 18.3. The molecule has 0 spiro atoms. The third-order valence-electron chi connectivity index (χ3n) is 6.34. The topological polar surface area (TPSA) is 128 Å². The van der Waals surface area contributed by atoms with Gasteiger partial charge in [-0.15, -0.1) is 0 Å². The number of rotatable bonds is 9. The van der Waals surface area contributed by atoms with Crippen molar-refractivity contribution in [3.63, 3.8) is 0 Å². The lowest BCUT2D eigenvalue weighted by Gasteiger charge is -2.20. The number of ketones is 1. The van der Waals surface area contributed by atoms with Crippen molar-refractivity contribution in [3.8, 4) is 17.2 Å². The minimum Gasteiger partial charge on any atom is -0.493 e. The highest BCUT2D eigenvalue weighted by Crippen LogP contribution is 2.41. The Morgan fingerprint density at radius 1 is 0.971 bits per heavy atom. The van der Waals surface area contributed by atoms with Gasteiger partial charge in [0.1, 0.15) is 11.0 Å². The van der Waals surface area contributed by atoms with Crippen LogP contribution < -0.4 is 14.2 Å². The number of carboxylic acids is 1. The third-order valence-corrected chi connectivity index (χ3v) is 6.90. The predicted molar refractivity (Wildman–Crippen MR) is 130 cm³/mol. The Kier molecular flexibility index (Phi) is 7.32. The highest BCUT2D eigenvalue weighted by Gasteiger charge is 2.32. The van der Waals surface area contributed by atoms with Gasteiger partial charge in [-0.25, -0.2) is 4.79 Å². The van der Waals surface area contributed by atoms with E-state index in [9.17, 15) is 19.8 Å². The summed E-state index contributed by atoms with van der Waals surface area (Å²) in [6, 6.07) is 7.93. The number of aliphatic hydroxyl groups excluding tert-OH is 1. The van der Waals surface area contributed by atoms with Crippen molar-refractivity contribution in [2.75, 3.05) is 21.3 Å². The average molecular weight is 499 g/mol. The molecule has 1 aliphatic rings. The van der Waals surface area contributed by atoms with Gasteiger partial charge in [-0.3, -0.25) is 4.79 Å². The third kappa shape index (κ3) is 4.85. The summed E-state index contributed by atoms with van der Waals surface area (Å²) in [5.41, 5.74) is 1.70. The molecular formula is C25H26N2O7S. The van der Waals surface area contributed by atoms with E-state index < -0.39 is 17.9 Å². The van der Waals surface area contributed by atoms with Crippen molar-refractivity contribution in [2.24, 2.45) is 5.92 Å². The summed E-state index contributed by atoms with van der Waals surface area (Å²) in [6.45, 7) is 0. The number of aliphatic hydroxyl groups is 1. The first-order valence-electron chi connectivity index (χ1n) is 11.1. The minimum atomic E-state index is -1.24. The molecule has 1 fully saturated rings. The summed E-state index contributed by atoms with van der Waals surface area (Å²) in [5.74, 6) is -1.07. The van der Waals surface area contributed by atoms with Crippen LogP contribution in [-0.2, 0) is 4.79 Å². The average Bonchev–Trinajstić information content (AvgIpc) is 3.50. The van der Waals surface area contributed by atoms with Gasteiger partial charge in [-0.05, 0) is 55.0 Å². The number of fused-ring (bicyclic) bond motifs is 1. The lowest BCUT2D eigenvalue weighted by molar-refractivity contribution is -0.130. The zero-order chi connectivity index (χ0) is 25.1. The first-order valence-corrected chi connectivity index (χ1v) is 11.8. The lowest BCUT2D eigenvalue weighted by atomic mass is 9.86. The molecule has 2 N–H and O–H groups in total. The Hall–Kier alpha value is -3.50. The second-order valence-corrected chi connectivity index (χ2v) is 8.86. The molecule has 2 aromatic carbocycles. The van der Waals surface area contributed by atoms with E-state index in [1.807, 2.05) is 0 Å². The Morgan fingerprint density at radius 3 is 2.23 bits per heavy atom. The summed E-state index contributed by atoms with van der Waals surface area (Å²) in [7, 11) is 4.34. The van der Waals surface area contributed by atoms with Crippen molar-refractivity contribution in [1.29, 1.82) is 0 Å². The first-order chi connectivity index (χ1) is 16.9. The number of carboxylic acid groups (broad SMARTS) is 1. The fourth-order valence-corrected chi connectivity index (χ4v) is 5.09. The molecule has 1 aromatic heterocycles. The molecule has 0 amide bonds. The molecule has 1 saturated carbocycles. The van der Waals surface area contributed by atoms with E-state index in [-0.39, 0.29) is 40.5 Å². The molecule has 1 aliphatic carbocycles. The van der Waals surface area contributed by atoms with Gasteiger partial charge >= 0.3 is 5.97 Å². The standard InChI is InChI=1S/C25H26N2O7S/c1-32-20-11-15(12-21(33-2)24(20)34-3)23(29)16(9-13-5-4-6-19(13)28)22(25(30)31)14-7-8-17-18(10-14)27-35-26-17/h7-8,10-13,19,28H,4-6,9H2,1-3H3,(H,30,31). The van der Waals surface area contributed by atoms with Crippen molar-refractivity contribution in [2.45, 2.75) is 31.8 Å². The van der Waals surface area contributed by atoms with Gasteiger partial charge in [0, 0.05) is 11.1 Å². The molecule has 9 nitrogen and oxygen atoms in total. The molecule has 3 aromatic rings. The van der Waals surface area contributed by atoms with Crippen LogP contribution in [-0.4, -0.2) is 58.1 Å². The summed E-state index contributed by atoms with van der Waals surface area (Å²) in [4.78, 5) is 26.5. The van der Waals surface area contributed by atoms with E-state index in [0.717, 1.165) is 18.1 Å². The molecule has 2 atom stereocenters. The van der Waals surface area contributed by atoms with Crippen LogP contribution in [0, 0.1) is 5.92 Å². The number of nitrogens with zero attached hydrogens (tertiary/aromatic N) is 2. The largest absolute Gasteiger partial charge is 0.493 e. The van der Waals surface area contributed by atoms with E-state index in [4.69, 9.17) is 14.2 Å². The van der Waals surface area contributed by atoms with Gasteiger partial charge in [0.15, 0.2) is 17.3 Å². The van der Waals surface area contributed by atoms with Gasteiger partial charge in [-0.2, -0.15) is 8.75 Å². The van der Waals surface area contributed by atoms with Gasteiger partial charge in [0.05, 0.1) is 44.7 Å². The summed E-state index contributed by atoms with van der Waals surface area (Å²) in [5, 5.41) is 20.7. The molecular weight excluding hydrogens is 472 g/mol. The number of aromatic nitrogens is 2. The molecule has 1 heterocycles. The molecule has 184 valence electrons. The molecule has 0 saturated heterocycles. The van der Waals surface area contributed by atoms with Crippen LogP contribution in [0.25, 0.3) is 16.6 Å². The molecule has 2 unspecified atom stereocenters. The summed E-state index contributed by atoms with van der Waals surface area (Å²) >= 11 is 1.03. The quantitative estimate of drug-likeness (QED) is 0.332. The van der Waals surface area contributed by atoms with Crippen molar-refractivity contribution in [1.82, 2.24) is 8.75 Å². The van der Waals surface area contributed by atoms with Crippen LogP contribution >= 0.6 is 11.7 Å². The van der Waals surface area contributed by atoms with Crippen molar-refractivity contribution >= 4 is 40.1 Å². The Bertz CT molecular complexity index is 1270. The highest BCUT2D eigenvalue weighted by atomic mass is 32.1. The smallest absolute Gasteiger partial charge is 0.336 e. The van der Waals surface area contributed by atoms with Crippen LogP contribution in [0.3, 0.4) is 0 Å². The van der Waals surface area contributed by atoms with E-state index in [2.05, 4.69) is 8.75 Å². The fourth-order valence-electron chi connectivity index (χ4n) is 4.58. The van der Waals surface area contributed by atoms with E-state index in [1.54, 1.807) is 18.2 Å². The number of ether oxygens (including phenoxy) is 3. The Morgan fingerprint density at radius 2 is 1.66 bits per heavy atom. The SMILES string of the molecule is COc1cc(C(=O)C(CC2CCCC2O)=C(C(=O)O)c2ccc3nsnc3c2)cc(OC)c1OC. The number of Topliss-reactive ketones (excluding diaryl/α,β-unsaturated/α-hetero) is 1. The van der Waals surface area contributed by atoms with Gasteiger partial charge in [-0.1, -0.05) is 12.5 Å². The fraction of sp³-hybridized carbons (Fsp3) is 0.360. The van der Waals surface area contributed by atoms with Gasteiger partial charge in [0.25, 0.3) is 0 Å². The molecule has 0 aliphatic heterocycles. The molecule has 0 radical (unpaired) electrons. The highest BCUT2D eigenvalue weighted by molar-refractivity contribution is 7.00. The maximum Gasteiger partial charge on any atom is 0.336 e. The van der Waals surface area contributed by atoms with Crippen LogP contribution in [0.4, 0.5) is 0 Å². The zero-order valence-electron chi connectivity index (χ0n) is 19.6.